The Labute approximate surface area is 65.9 Å². The van der Waals surface area contributed by atoms with E-state index >= 15 is 0 Å². The molecule has 0 aromatic heterocycles. The maximum atomic E-state index is 8.70. The van der Waals surface area contributed by atoms with E-state index in [9.17, 15) is 0 Å². The summed E-state index contributed by atoms with van der Waals surface area (Å²) < 4.78 is 10.4. The number of hydrogen-bond donors (Lipinski definition) is 0. The summed E-state index contributed by atoms with van der Waals surface area (Å²) in [7, 11) is 0. The van der Waals surface area contributed by atoms with E-state index in [0.29, 0.717) is 19.8 Å². The van der Waals surface area contributed by atoms with Gasteiger partial charge in [-0.3, -0.25) is 0 Å². The Morgan fingerprint density at radius 3 is 2.64 bits per heavy atom. The lowest BCUT2D eigenvalue weighted by Gasteiger charge is -2.26. The van der Waals surface area contributed by atoms with Gasteiger partial charge in [-0.25, -0.2) is 0 Å². The topological polar surface area (TPSA) is 42.2 Å². The van der Waals surface area contributed by atoms with Crippen molar-refractivity contribution in [1.82, 2.24) is 0 Å². The normalized spacial score (nSPS) is 27.2. The summed E-state index contributed by atoms with van der Waals surface area (Å²) in [6, 6.07) is 2.29. The van der Waals surface area contributed by atoms with Crippen LogP contribution in [-0.4, -0.2) is 25.9 Å². The van der Waals surface area contributed by atoms with Crippen molar-refractivity contribution in [3.05, 3.63) is 0 Å². The van der Waals surface area contributed by atoms with Crippen LogP contribution in [0.25, 0.3) is 0 Å². The van der Waals surface area contributed by atoms with Gasteiger partial charge in [0, 0.05) is 0 Å². The van der Waals surface area contributed by atoms with Crippen LogP contribution >= 0.6 is 0 Å². The molecule has 1 heterocycles. The Morgan fingerprint density at radius 1 is 1.55 bits per heavy atom. The van der Waals surface area contributed by atoms with E-state index < -0.39 is 0 Å². The SMILES string of the molecule is N#CC1(COC2COC2)CC1. The van der Waals surface area contributed by atoms with Crippen LogP contribution in [0.15, 0.2) is 0 Å². The number of rotatable bonds is 3. The number of ether oxygens (including phenoxy) is 2. The minimum Gasteiger partial charge on any atom is -0.376 e. The highest BCUT2D eigenvalue weighted by atomic mass is 16.6. The Kier molecular flexibility index (Phi) is 1.59. The molecular formula is C8H11NO2. The molecule has 0 amide bonds. The Hall–Kier alpha value is -0.590. The van der Waals surface area contributed by atoms with Crippen molar-refractivity contribution < 1.29 is 9.47 Å². The van der Waals surface area contributed by atoms with Crippen molar-refractivity contribution in [2.24, 2.45) is 5.41 Å². The molecule has 0 radical (unpaired) electrons. The molecule has 2 rings (SSSR count). The van der Waals surface area contributed by atoms with Gasteiger partial charge in [0.1, 0.15) is 6.10 Å². The molecule has 0 spiro atoms. The molecule has 2 fully saturated rings. The molecule has 0 aromatic carbocycles. The molecule has 1 saturated carbocycles. The van der Waals surface area contributed by atoms with Crippen LogP contribution in [0.2, 0.25) is 0 Å². The largest absolute Gasteiger partial charge is 0.376 e. The number of hydrogen-bond acceptors (Lipinski definition) is 3. The summed E-state index contributed by atoms with van der Waals surface area (Å²) in [5, 5.41) is 8.70. The lowest BCUT2D eigenvalue weighted by atomic mass is 10.1. The minimum absolute atomic E-state index is 0.115. The third-order valence-corrected chi connectivity index (χ3v) is 2.29. The standard InChI is InChI=1S/C8H11NO2/c9-5-8(1-2-8)6-11-7-3-10-4-7/h7H,1-4,6H2. The summed E-state index contributed by atoms with van der Waals surface area (Å²) >= 11 is 0. The molecule has 0 bridgehead atoms. The molecule has 0 atom stereocenters. The fourth-order valence-corrected chi connectivity index (χ4v) is 1.03. The lowest BCUT2D eigenvalue weighted by Crippen LogP contribution is -2.37. The predicted octanol–water partition coefficient (Wildman–Crippen LogP) is 0.706. The molecule has 1 aliphatic heterocycles. The molecular weight excluding hydrogens is 142 g/mol. The number of nitrogens with zero attached hydrogens (tertiary/aromatic N) is 1. The highest BCUT2D eigenvalue weighted by molar-refractivity contribution is 5.09. The first-order valence-electron chi connectivity index (χ1n) is 3.95. The second-order valence-corrected chi connectivity index (χ2v) is 3.36. The zero-order chi connectivity index (χ0) is 7.73. The van der Waals surface area contributed by atoms with Crippen LogP contribution in [0, 0.1) is 16.7 Å². The second-order valence-electron chi connectivity index (χ2n) is 3.36. The average Bonchev–Trinajstić information content (AvgIpc) is 2.66. The monoisotopic (exact) mass is 153 g/mol. The molecule has 11 heavy (non-hydrogen) atoms. The fourth-order valence-electron chi connectivity index (χ4n) is 1.03. The number of nitriles is 1. The van der Waals surface area contributed by atoms with Crippen molar-refractivity contribution in [1.29, 1.82) is 5.26 Å². The summed E-state index contributed by atoms with van der Waals surface area (Å²) in [4.78, 5) is 0. The Bertz CT molecular complexity index is 189. The van der Waals surface area contributed by atoms with Crippen molar-refractivity contribution >= 4 is 0 Å². The molecule has 0 aromatic rings. The van der Waals surface area contributed by atoms with E-state index in [-0.39, 0.29) is 11.5 Å². The van der Waals surface area contributed by atoms with Gasteiger partial charge < -0.3 is 9.47 Å². The van der Waals surface area contributed by atoms with E-state index in [4.69, 9.17) is 14.7 Å². The third-order valence-electron chi connectivity index (χ3n) is 2.29. The third kappa shape index (κ3) is 1.37. The average molecular weight is 153 g/mol. The molecule has 1 aliphatic carbocycles. The van der Waals surface area contributed by atoms with Gasteiger partial charge in [-0.2, -0.15) is 5.26 Å². The van der Waals surface area contributed by atoms with Gasteiger partial charge in [-0.15, -0.1) is 0 Å². The van der Waals surface area contributed by atoms with Gasteiger partial charge in [0.15, 0.2) is 0 Å². The van der Waals surface area contributed by atoms with Crippen LogP contribution in [0.3, 0.4) is 0 Å². The highest BCUT2D eigenvalue weighted by Crippen LogP contribution is 2.45. The Morgan fingerprint density at radius 2 is 2.27 bits per heavy atom. The van der Waals surface area contributed by atoms with Crippen LogP contribution in [0.4, 0.5) is 0 Å². The first-order chi connectivity index (χ1) is 5.35. The van der Waals surface area contributed by atoms with Crippen LogP contribution in [0.5, 0.6) is 0 Å². The molecule has 0 unspecified atom stereocenters. The van der Waals surface area contributed by atoms with Crippen molar-refractivity contribution in [3.8, 4) is 6.07 Å². The molecule has 0 N–H and O–H groups in total. The molecule has 3 nitrogen and oxygen atoms in total. The van der Waals surface area contributed by atoms with Crippen molar-refractivity contribution in [2.45, 2.75) is 18.9 Å². The van der Waals surface area contributed by atoms with Crippen LogP contribution in [-0.2, 0) is 9.47 Å². The zero-order valence-corrected chi connectivity index (χ0v) is 6.38. The molecule has 1 saturated heterocycles. The van der Waals surface area contributed by atoms with E-state index in [1.165, 1.54) is 0 Å². The quantitative estimate of drug-likeness (QED) is 0.599. The summed E-state index contributed by atoms with van der Waals surface area (Å²) in [5.74, 6) is 0. The van der Waals surface area contributed by atoms with Gasteiger partial charge in [0.25, 0.3) is 0 Å². The summed E-state index contributed by atoms with van der Waals surface area (Å²) in [6.07, 6.45) is 2.29. The lowest BCUT2D eigenvalue weighted by molar-refractivity contribution is -0.135. The molecule has 60 valence electrons. The van der Waals surface area contributed by atoms with Gasteiger partial charge in [-0.05, 0) is 12.8 Å². The zero-order valence-electron chi connectivity index (χ0n) is 6.38. The maximum absolute atomic E-state index is 8.70. The van der Waals surface area contributed by atoms with Crippen LogP contribution < -0.4 is 0 Å². The maximum Gasteiger partial charge on any atom is 0.104 e. The van der Waals surface area contributed by atoms with E-state index in [1.54, 1.807) is 0 Å². The predicted molar refractivity (Wildman–Crippen MR) is 37.8 cm³/mol. The molecule has 3 heteroatoms. The van der Waals surface area contributed by atoms with Gasteiger partial charge in [0.2, 0.25) is 0 Å². The van der Waals surface area contributed by atoms with Crippen molar-refractivity contribution in [3.63, 3.8) is 0 Å². The second kappa shape index (κ2) is 2.47. The van der Waals surface area contributed by atoms with Gasteiger partial charge in [0.05, 0.1) is 31.3 Å². The first kappa shape index (κ1) is 7.08. The molecule has 2 aliphatic rings. The van der Waals surface area contributed by atoms with Gasteiger partial charge in [-0.1, -0.05) is 0 Å². The summed E-state index contributed by atoms with van der Waals surface area (Å²) in [5.41, 5.74) is -0.115. The van der Waals surface area contributed by atoms with E-state index in [2.05, 4.69) is 6.07 Å². The van der Waals surface area contributed by atoms with Crippen LogP contribution in [0.1, 0.15) is 12.8 Å². The van der Waals surface area contributed by atoms with E-state index in [1.807, 2.05) is 0 Å². The smallest absolute Gasteiger partial charge is 0.104 e. The highest BCUT2D eigenvalue weighted by Gasteiger charge is 2.44. The Balaban J connectivity index is 1.70. The first-order valence-corrected chi connectivity index (χ1v) is 3.95. The summed E-state index contributed by atoms with van der Waals surface area (Å²) in [6.45, 7) is 2.03. The fraction of sp³-hybridized carbons (Fsp3) is 0.875. The minimum atomic E-state index is -0.115. The van der Waals surface area contributed by atoms with E-state index in [0.717, 1.165) is 12.8 Å². The van der Waals surface area contributed by atoms with Gasteiger partial charge >= 0.3 is 0 Å². The van der Waals surface area contributed by atoms with Crippen molar-refractivity contribution in [2.75, 3.05) is 19.8 Å².